The van der Waals surface area contributed by atoms with Crippen LogP contribution in [0.1, 0.15) is 80.5 Å². The number of cyclic esters (lactones) is 1. The molecule has 13 nitrogen and oxygen atoms in total. The molecule has 0 spiro atoms. The number of ether oxygens (including phenoxy) is 3. The Morgan fingerprint density at radius 1 is 1.13 bits per heavy atom. The molecular formula is C34H62N4O9. The predicted octanol–water partition coefficient (Wildman–Crippen LogP) is 1.21. The maximum Gasteiger partial charge on any atom is 0.312 e. The largest absolute Gasteiger partial charge is 0.459 e. The lowest BCUT2D eigenvalue weighted by molar-refractivity contribution is -0.305. The van der Waals surface area contributed by atoms with Gasteiger partial charge >= 0.3 is 5.97 Å². The number of aryl methyl sites for hydroxylation is 1. The highest BCUT2D eigenvalue weighted by molar-refractivity contribution is 5.74. The number of likely N-dealkylation sites (N-methyl/N-ethyl adjacent to an activating group) is 1. The summed E-state index contributed by atoms with van der Waals surface area (Å²) in [6.07, 6.45) is -1.68. The highest BCUT2D eigenvalue weighted by atomic mass is 16.7. The standard InChI is InChI=1S/C34H62N4O9/c1-12-26-33(9,43)28(40)23(6)36-17-19(2)16-32(8,42)29(47-31-27(39)25(37(10)11)15-20(3)45-31)21(4)34(44,22(5)30(41)46-26)18-38-14-13-35-24(38)7/h13-14,19-23,25-29,31,36,39-40,42-44H,12,15-18H2,1-11H3/t19-,20-,21-,22?,23-,25+,26-,27-,28-,29-,31+,32+,33-,34-/m1/s1. The maximum absolute atomic E-state index is 14.0. The molecular weight excluding hydrogens is 608 g/mol. The van der Waals surface area contributed by atoms with Crippen LogP contribution in [0.15, 0.2) is 12.4 Å². The van der Waals surface area contributed by atoms with Gasteiger partial charge in [0.15, 0.2) is 6.29 Å². The molecule has 2 aliphatic heterocycles. The van der Waals surface area contributed by atoms with Gasteiger partial charge in [-0.1, -0.05) is 20.8 Å². The summed E-state index contributed by atoms with van der Waals surface area (Å²) in [7, 11) is 3.75. The minimum atomic E-state index is -1.90. The molecule has 0 bridgehead atoms. The van der Waals surface area contributed by atoms with Gasteiger partial charge in [-0.3, -0.25) is 4.79 Å². The molecule has 0 aromatic carbocycles. The fraction of sp³-hybridized carbons (Fsp3) is 0.882. The van der Waals surface area contributed by atoms with Crippen LogP contribution in [0.5, 0.6) is 0 Å². The Labute approximate surface area is 280 Å². The summed E-state index contributed by atoms with van der Waals surface area (Å²) in [6.45, 7) is 15.7. The van der Waals surface area contributed by atoms with Crippen LogP contribution in [0.3, 0.4) is 0 Å². The zero-order valence-corrected chi connectivity index (χ0v) is 30.3. The van der Waals surface area contributed by atoms with Gasteiger partial charge in [-0.05, 0) is 87.4 Å². The summed E-state index contributed by atoms with van der Waals surface area (Å²) < 4.78 is 20.4. The smallest absolute Gasteiger partial charge is 0.312 e. The second kappa shape index (κ2) is 15.5. The van der Waals surface area contributed by atoms with Crippen molar-refractivity contribution < 1.29 is 44.5 Å². The summed E-state index contributed by atoms with van der Waals surface area (Å²) in [5.74, 6) is -2.49. The van der Waals surface area contributed by atoms with E-state index in [0.29, 0.717) is 18.8 Å². The number of carbonyl (C=O) groups excluding carboxylic acids is 1. The molecule has 1 aromatic rings. The van der Waals surface area contributed by atoms with Gasteiger partial charge in [0.25, 0.3) is 0 Å². The topological polar surface area (TPSA) is 179 Å². The summed E-state index contributed by atoms with van der Waals surface area (Å²) in [4.78, 5) is 20.2. The molecule has 1 aromatic heterocycles. The molecule has 0 radical (unpaired) electrons. The molecule has 13 heteroatoms. The number of esters is 1. The van der Waals surface area contributed by atoms with Crippen LogP contribution in [0, 0.1) is 24.7 Å². The molecule has 2 saturated heterocycles. The first-order valence-electron chi connectivity index (χ1n) is 17.1. The minimum Gasteiger partial charge on any atom is -0.459 e. The van der Waals surface area contributed by atoms with Crippen LogP contribution in [-0.4, -0.2) is 132 Å². The van der Waals surface area contributed by atoms with E-state index in [9.17, 15) is 30.3 Å². The van der Waals surface area contributed by atoms with E-state index in [0.717, 1.165) is 0 Å². The molecule has 3 heterocycles. The number of imidazole rings is 1. The van der Waals surface area contributed by atoms with Crippen molar-refractivity contribution in [3.05, 3.63) is 18.2 Å². The van der Waals surface area contributed by atoms with Gasteiger partial charge in [-0.2, -0.15) is 0 Å². The molecule has 47 heavy (non-hydrogen) atoms. The lowest BCUT2D eigenvalue weighted by atomic mass is 9.70. The first-order chi connectivity index (χ1) is 21.7. The molecule has 0 saturated carbocycles. The number of aliphatic hydroxyl groups excluding tert-OH is 2. The number of nitrogens with zero attached hydrogens (tertiary/aromatic N) is 3. The van der Waals surface area contributed by atoms with Gasteiger partial charge in [-0.15, -0.1) is 0 Å². The lowest BCUT2D eigenvalue weighted by Gasteiger charge is -2.49. The van der Waals surface area contributed by atoms with E-state index in [1.54, 1.807) is 58.5 Å². The Balaban J connectivity index is 2.18. The van der Waals surface area contributed by atoms with Gasteiger partial charge < -0.3 is 54.5 Å². The highest BCUT2D eigenvalue weighted by Crippen LogP contribution is 2.41. The molecule has 0 amide bonds. The molecule has 2 fully saturated rings. The third-order valence-corrected chi connectivity index (χ3v) is 10.8. The van der Waals surface area contributed by atoms with E-state index in [-0.39, 0.29) is 37.5 Å². The Kier molecular flexibility index (Phi) is 13.1. The van der Waals surface area contributed by atoms with Crippen molar-refractivity contribution in [2.24, 2.45) is 17.8 Å². The summed E-state index contributed by atoms with van der Waals surface area (Å²) >= 11 is 0. The Hall–Kier alpha value is -1.68. The number of hydrogen-bond donors (Lipinski definition) is 6. The first-order valence-corrected chi connectivity index (χ1v) is 17.1. The Morgan fingerprint density at radius 3 is 2.32 bits per heavy atom. The van der Waals surface area contributed by atoms with Gasteiger partial charge in [0.05, 0.1) is 30.3 Å². The van der Waals surface area contributed by atoms with Crippen molar-refractivity contribution in [3.63, 3.8) is 0 Å². The number of nitrogens with one attached hydrogen (secondary N) is 1. The fourth-order valence-corrected chi connectivity index (χ4v) is 7.53. The van der Waals surface area contributed by atoms with Crippen molar-refractivity contribution in [3.8, 4) is 0 Å². The maximum atomic E-state index is 14.0. The number of aliphatic hydroxyl groups is 5. The highest BCUT2D eigenvalue weighted by Gasteiger charge is 2.55. The lowest BCUT2D eigenvalue weighted by Crippen LogP contribution is -2.62. The van der Waals surface area contributed by atoms with Crippen LogP contribution in [0.25, 0.3) is 0 Å². The van der Waals surface area contributed by atoms with E-state index < -0.39 is 71.4 Å². The molecule has 3 rings (SSSR count). The van der Waals surface area contributed by atoms with Crippen LogP contribution < -0.4 is 5.32 Å². The number of rotatable bonds is 6. The molecule has 1 unspecified atom stereocenters. The fourth-order valence-electron chi connectivity index (χ4n) is 7.53. The third-order valence-electron chi connectivity index (χ3n) is 10.8. The number of carbonyl (C=O) groups is 1. The predicted molar refractivity (Wildman–Crippen MR) is 176 cm³/mol. The minimum absolute atomic E-state index is 0.0963. The summed E-state index contributed by atoms with van der Waals surface area (Å²) in [6, 6.07) is -0.863. The van der Waals surface area contributed by atoms with Crippen molar-refractivity contribution in [2.45, 2.75) is 154 Å². The monoisotopic (exact) mass is 670 g/mol. The molecule has 0 aliphatic carbocycles. The SMILES string of the molecule is CC[C@H]1OC(=O)C(C)[C@@](O)(Cn2ccnc2C)[C@H](C)[C@@H](O[C@@H]2O[C@H](C)C[C@H](N(C)C)[C@H]2O)[C@@](C)(O)C[C@@H](C)CN[C@H](C)[C@@H](O)[C@]1(C)O. The summed E-state index contributed by atoms with van der Waals surface area (Å²) in [5.41, 5.74) is -5.31. The zero-order chi connectivity index (χ0) is 35.6. The van der Waals surface area contributed by atoms with Gasteiger partial charge in [-0.25, -0.2) is 4.98 Å². The molecule has 272 valence electrons. The second-order valence-corrected chi connectivity index (χ2v) is 15.1. The van der Waals surface area contributed by atoms with Crippen molar-refractivity contribution >= 4 is 5.97 Å². The summed E-state index contributed by atoms with van der Waals surface area (Å²) in [5, 5.41) is 62.5. The first kappa shape index (κ1) is 39.8. The van der Waals surface area contributed by atoms with E-state index in [2.05, 4.69) is 10.3 Å². The van der Waals surface area contributed by atoms with Crippen molar-refractivity contribution in [2.75, 3.05) is 20.6 Å². The third kappa shape index (κ3) is 8.74. The van der Waals surface area contributed by atoms with Crippen molar-refractivity contribution in [1.82, 2.24) is 19.8 Å². The molecule has 14 atom stereocenters. The average Bonchev–Trinajstić information content (AvgIpc) is 3.39. The second-order valence-electron chi connectivity index (χ2n) is 15.1. The van der Waals surface area contributed by atoms with E-state index in [1.165, 1.54) is 6.92 Å². The normalized spacial score (nSPS) is 44.9. The Morgan fingerprint density at radius 2 is 1.77 bits per heavy atom. The number of aromatic nitrogens is 2. The van der Waals surface area contributed by atoms with Crippen LogP contribution in [-0.2, 0) is 25.5 Å². The van der Waals surface area contributed by atoms with Gasteiger partial charge in [0.1, 0.15) is 35.3 Å². The molecule has 6 N–H and O–H groups in total. The average molecular weight is 671 g/mol. The zero-order valence-electron chi connectivity index (χ0n) is 30.3. The number of hydrogen-bond acceptors (Lipinski definition) is 12. The van der Waals surface area contributed by atoms with E-state index in [1.807, 2.05) is 32.8 Å². The van der Waals surface area contributed by atoms with Crippen LogP contribution >= 0.6 is 0 Å². The van der Waals surface area contributed by atoms with Crippen molar-refractivity contribution in [1.29, 1.82) is 0 Å². The Bertz CT molecular complexity index is 1160. The quantitative estimate of drug-likeness (QED) is 0.239. The van der Waals surface area contributed by atoms with E-state index in [4.69, 9.17) is 14.2 Å². The van der Waals surface area contributed by atoms with Gasteiger partial charge in [0.2, 0.25) is 0 Å². The van der Waals surface area contributed by atoms with E-state index >= 15 is 0 Å². The van der Waals surface area contributed by atoms with Crippen LogP contribution in [0.4, 0.5) is 0 Å². The van der Waals surface area contributed by atoms with Crippen LogP contribution in [0.2, 0.25) is 0 Å². The van der Waals surface area contributed by atoms with Gasteiger partial charge in [0, 0.05) is 30.4 Å². The molecule has 2 aliphatic rings.